The number of thiazole rings is 1. The zero-order valence-corrected chi connectivity index (χ0v) is 7.43. The fraction of sp³-hybridized carbons (Fsp3) is 0.333. The monoisotopic (exact) mass is 179 g/mol. The van der Waals surface area contributed by atoms with Gasteiger partial charge in [-0.15, -0.1) is 11.3 Å². The summed E-state index contributed by atoms with van der Waals surface area (Å²) < 4.78 is 0. The van der Waals surface area contributed by atoms with Crippen LogP contribution in [0.5, 0.6) is 0 Å². The van der Waals surface area contributed by atoms with Crippen molar-refractivity contribution < 1.29 is 4.79 Å². The number of ketones is 1. The number of nitrogens with zero attached hydrogens (tertiary/aromatic N) is 1. The van der Waals surface area contributed by atoms with Crippen molar-refractivity contribution in [3.8, 4) is 0 Å². The Labute approximate surface area is 74.9 Å². The highest BCUT2D eigenvalue weighted by atomic mass is 32.1. The first-order valence-electron chi connectivity index (χ1n) is 3.98. The minimum absolute atomic E-state index is 0.254. The molecule has 0 atom stereocenters. The summed E-state index contributed by atoms with van der Waals surface area (Å²) in [6.07, 6.45) is 6.31. The molecule has 0 saturated heterocycles. The highest BCUT2D eigenvalue weighted by Gasteiger charge is 2.11. The van der Waals surface area contributed by atoms with Crippen molar-refractivity contribution in [2.75, 3.05) is 0 Å². The molecule has 1 heterocycles. The summed E-state index contributed by atoms with van der Waals surface area (Å²) in [7, 11) is 0. The van der Waals surface area contributed by atoms with E-state index >= 15 is 0 Å². The summed E-state index contributed by atoms with van der Waals surface area (Å²) in [4.78, 5) is 16.2. The molecular formula is C9H9NOS. The van der Waals surface area contributed by atoms with Gasteiger partial charge in [-0.1, -0.05) is 0 Å². The van der Waals surface area contributed by atoms with Gasteiger partial charge in [-0.3, -0.25) is 9.78 Å². The predicted molar refractivity (Wildman–Crippen MR) is 48.9 cm³/mol. The molecule has 12 heavy (non-hydrogen) atoms. The van der Waals surface area contributed by atoms with Crippen LogP contribution < -0.4 is 0 Å². The van der Waals surface area contributed by atoms with E-state index in [4.69, 9.17) is 0 Å². The molecule has 0 aliphatic heterocycles. The molecule has 2 nitrogen and oxygen atoms in total. The summed E-state index contributed by atoms with van der Waals surface area (Å²) in [5, 5.41) is 0. The molecule has 0 unspecified atom stereocenters. The van der Waals surface area contributed by atoms with Crippen molar-refractivity contribution >= 4 is 22.7 Å². The second-order valence-electron chi connectivity index (χ2n) is 2.86. The third kappa shape index (κ3) is 1.46. The second-order valence-corrected chi connectivity index (χ2v) is 3.74. The summed E-state index contributed by atoms with van der Waals surface area (Å²) in [5.74, 6) is 0.254. The van der Waals surface area contributed by atoms with Gasteiger partial charge in [0.2, 0.25) is 0 Å². The first-order chi connectivity index (χ1) is 5.86. The van der Waals surface area contributed by atoms with Crippen LogP contribution in [-0.2, 0) is 4.79 Å². The van der Waals surface area contributed by atoms with Crippen LogP contribution in [-0.4, -0.2) is 10.8 Å². The van der Waals surface area contributed by atoms with Crippen molar-refractivity contribution in [3.63, 3.8) is 0 Å². The van der Waals surface area contributed by atoms with Crippen molar-refractivity contribution in [1.29, 1.82) is 0 Å². The Bertz CT molecular complexity index is 313. The SMILES string of the molecule is O=C1C=C(c2cncs2)CCC1. The summed E-state index contributed by atoms with van der Waals surface area (Å²) in [6.45, 7) is 0. The smallest absolute Gasteiger partial charge is 0.156 e. The van der Waals surface area contributed by atoms with Gasteiger partial charge in [0.25, 0.3) is 0 Å². The standard InChI is InChI=1S/C9H9NOS/c11-8-3-1-2-7(4-8)9-5-10-6-12-9/h4-6H,1-3H2. The van der Waals surface area contributed by atoms with E-state index < -0.39 is 0 Å². The topological polar surface area (TPSA) is 30.0 Å². The maximum absolute atomic E-state index is 11.1. The van der Waals surface area contributed by atoms with E-state index in [0.717, 1.165) is 23.3 Å². The van der Waals surface area contributed by atoms with E-state index in [1.54, 1.807) is 22.9 Å². The number of carbonyl (C=O) groups excluding carboxylic acids is 1. The molecule has 2 rings (SSSR count). The zero-order valence-electron chi connectivity index (χ0n) is 6.62. The van der Waals surface area contributed by atoms with Gasteiger partial charge in [0, 0.05) is 12.6 Å². The van der Waals surface area contributed by atoms with E-state index in [9.17, 15) is 4.79 Å². The van der Waals surface area contributed by atoms with Gasteiger partial charge >= 0.3 is 0 Å². The molecule has 62 valence electrons. The normalized spacial score (nSPS) is 17.7. The van der Waals surface area contributed by atoms with Crippen LogP contribution in [0.3, 0.4) is 0 Å². The van der Waals surface area contributed by atoms with Crippen LogP contribution in [0.1, 0.15) is 24.1 Å². The van der Waals surface area contributed by atoms with Crippen molar-refractivity contribution in [2.24, 2.45) is 0 Å². The number of hydrogen-bond acceptors (Lipinski definition) is 3. The third-order valence-electron chi connectivity index (χ3n) is 1.95. The Kier molecular flexibility index (Phi) is 2.04. The minimum Gasteiger partial charge on any atom is -0.295 e. The van der Waals surface area contributed by atoms with Crippen LogP contribution >= 0.6 is 11.3 Å². The maximum atomic E-state index is 11.1. The van der Waals surface area contributed by atoms with Crippen molar-refractivity contribution in [3.05, 3.63) is 22.7 Å². The van der Waals surface area contributed by atoms with Crippen LogP contribution in [0.2, 0.25) is 0 Å². The lowest BCUT2D eigenvalue weighted by Crippen LogP contribution is -2.00. The molecule has 1 aromatic heterocycles. The van der Waals surface area contributed by atoms with E-state index in [2.05, 4.69) is 4.98 Å². The van der Waals surface area contributed by atoms with Gasteiger partial charge in [0.1, 0.15) is 0 Å². The van der Waals surface area contributed by atoms with Gasteiger partial charge < -0.3 is 0 Å². The molecule has 1 aromatic rings. The van der Waals surface area contributed by atoms with Gasteiger partial charge in [-0.2, -0.15) is 0 Å². The second kappa shape index (κ2) is 3.19. The number of aromatic nitrogens is 1. The van der Waals surface area contributed by atoms with Crippen molar-refractivity contribution in [1.82, 2.24) is 4.98 Å². The van der Waals surface area contributed by atoms with Gasteiger partial charge in [0.05, 0.1) is 10.4 Å². The molecule has 0 radical (unpaired) electrons. The molecule has 1 aliphatic rings. The van der Waals surface area contributed by atoms with E-state index in [1.807, 2.05) is 6.20 Å². The Morgan fingerprint density at radius 2 is 2.33 bits per heavy atom. The maximum Gasteiger partial charge on any atom is 0.156 e. The summed E-state index contributed by atoms with van der Waals surface area (Å²) in [5.41, 5.74) is 2.96. The fourth-order valence-corrected chi connectivity index (χ4v) is 2.03. The average molecular weight is 179 g/mol. The van der Waals surface area contributed by atoms with Crippen molar-refractivity contribution in [2.45, 2.75) is 19.3 Å². The minimum atomic E-state index is 0.254. The van der Waals surface area contributed by atoms with Crippen LogP contribution in [0, 0.1) is 0 Å². The first kappa shape index (κ1) is 7.68. The number of carbonyl (C=O) groups is 1. The van der Waals surface area contributed by atoms with Gasteiger partial charge in [-0.05, 0) is 24.5 Å². The zero-order chi connectivity index (χ0) is 8.39. The summed E-state index contributed by atoms with van der Waals surface area (Å²) in [6, 6.07) is 0. The molecule has 0 bridgehead atoms. The third-order valence-corrected chi connectivity index (χ3v) is 2.80. The lowest BCUT2D eigenvalue weighted by atomic mass is 9.98. The lowest BCUT2D eigenvalue weighted by molar-refractivity contribution is -0.114. The lowest BCUT2D eigenvalue weighted by Gasteiger charge is -2.08. The molecule has 0 saturated carbocycles. The molecule has 3 heteroatoms. The molecule has 0 N–H and O–H groups in total. The van der Waals surface area contributed by atoms with E-state index in [-0.39, 0.29) is 5.78 Å². The molecule has 0 amide bonds. The highest BCUT2D eigenvalue weighted by molar-refractivity contribution is 7.10. The Balaban J connectivity index is 2.29. The Morgan fingerprint density at radius 1 is 1.42 bits per heavy atom. The average Bonchev–Trinajstić information content (AvgIpc) is 2.56. The Morgan fingerprint density at radius 3 is 3.00 bits per heavy atom. The van der Waals surface area contributed by atoms with Crippen LogP contribution in [0.25, 0.3) is 5.57 Å². The quantitative estimate of drug-likeness (QED) is 0.662. The fourth-order valence-electron chi connectivity index (χ4n) is 1.36. The Hall–Kier alpha value is -0.960. The predicted octanol–water partition coefficient (Wildman–Crippen LogP) is 2.28. The van der Waals surface area contributed by atoms with Crippen LogP contribution in [0.15, 0.2) is 17.8 Å². The summed E-state index contributed by atoms with van der Waals surface area (Å²) >= 11 is 1.60. The van der Waals surface area contributed by atoms with E-state index in [0.29, 0.717) is 6.42 Å². The first-order valence-corrected chi connectivity index (χ1v) is 4.86. The number of rotatable bonds is 1. The molecule has 0 aromatic carbocycles. The van der Waals surface area contributed by atoms with Crippen LogP contribution in [0.4, 0.5) is 0 Å². The largest absolute Gasteiger partial charge is 0.295 e. The number of allylic oxidation sites excluding steroid dienone is 2. The highest BCUT2D eigenvalue weighted by Crippen LogP contribution is 2.27. The molecule has 1 aliphatic carbocycles. The van der Waals surface area contributed by atoms with Gasteiger partial charge in [-0.25, -0.2) is 0 Å². The molecule has 0 fully saturated rings. The molecule has 0 spiro atoms. The number of hydrogen-bond donors (Lipinski definition) is 0. The molecular weight excluding hydrogens is 170 g/mol. The van der Waals surface area contributed by atoms with Gasteiger partial charge in [0.15, 0.2) is 5.78 Å². The van der Waals surface area contributed by atoms with E-state index in [1.165, 1.54) is 0 Å².